The van der Waals surface area contributed by atoms with Gasteiger partial charge in [-0.3, -0.25) is 9.78 Å². The van der Waals surface area contributed by atoms with Gasteiger partial charge in [-0.2, -0.15) is 5.10 Å². The fraction of sp³-hybridized carbons (Fsp3) is 0.632. The molecule has 0 aliphatic rings. The van der Waals surface area contributed by atoms with E-state index < -0.39 is 0 Å². The highest BCUT2D eigenvalue weighted by atomic mass is 16.2. The second kappa shape index (κ2) is 12.8. The standard InChI is InChI=1S/C19H31N3O/c1-3-4-5-6-7-8-9-10-11-12-19(23)22-21-17(2)18-13-15-20-16-14-18/h13-16H,3-12H2,1-2H3,(H,22,23). The minimum Gasteiger partial charge on any atom is -0.273 e. The molecule has 0 bridgehead atoms. The molecule has 23 heavy (non-hydrogen) atoms. The molecule has 1 aromatic rings. The van der Waals surface area contributed by atoms with E-state index in [1.54, 1.807) is 12.4 Å². The number of hydrazone groups is 1. The largest absolute Gasteiger partial charge is 0.273 e. The second-order valence-corrected chi connectivity index (χ2v) is 6.05. The molecule has 1 rings (SSSR count). The summed E-state index contributed by atoms with van der Waals surface area (Å²) >= 11 is 0. The maximum atomic E-state index is 11.8. The van der Waals surface area contributed by atoms with E-state index in [1.807, 2.05) is 19.1 Å². The van der Waals surface area contributed by atoms with Crippen LogP contribution in [0.5, 0.6) is 0 Å². The monoisotopic (exact) mass is 317 g/mol. The van der Waals surface area contributed by atoms with Crippen LogP contribution in [0.4, 0.5) is 0 Å². The zero-order valence-electron chi connectivity index (χ0n) is 14.7. The van der Waals surface area contributed by atoms with Crippen molar-refractivity contribution in [3.05, 3.63) is 30.1 Å². The average molecular weight is 317 g/mol. The van der Waals surface area contributed by atoms with Crippen molar-refractivity contribution in [2.45, 2.75) is 78.1 Å². The van der Waals surface area contributed by atoms with Crippen LogP contribution in [0.15, 0.2) is 29.6 Å². The van der Waals surface area contributed by atoms with Crippen LogP contribution in [-0.2, 0) is 4.79 Å². The zero-order valence-corrected chi connectivity index (χ0v) is 14.7. The molecule has 4 heteroatoms. The predicted molar refractivity (Wildman–Crippen MR) is 96.4 cm³/mol. The highest BCUT2D eigenvalue weighted by molar-refractivity contribution is 5.99. The molecular formula is C19H31N3O. The Kier molecular flexibility index (Phi) is 10.8. The van der Waals surface area contributed by atoms with E-state index in [1.165, 1.54) is 44.9 Å². The van der Waals surface area contributed by atoms with Crippen LogP contribution in [0, 0.1) is 0 Å². The van der Waals surface area contributed by atoms with Crippen LogP contribution < -0.4 is 5.43 Å². The molecular weight excluding hydrogens is 286 g/mol. The smallest absolute Gasteiger partial charge is 0.240 e. The first-order chi connectivity index (χ1) is 11.2. The second-order valence-electron chi connectivity index (χ2n) is 6.05. The number of unbranched alkanes of at least 4 members (excludes halogenated alkanes) is 8. The van der Waals surface area contributed by atoms with Crippen molar-refractivity contribution >= 4 is 11.6 Å². The van der Waals surface area contributed by atoms with E-state index in [2.05, 4.69) is 22.4 Å². The Balaban J connectivity index is 2.04. The Morgan fingerprint density at radius 3 is 2.17 bits per heavy atom. The third-order valence-corrected chi connectivity index (χ3v) is 3.95. The maximum Gasteiger partial charge on any atom is 0.240 e. The van der Waals surface area contributed by atoms with Gasteiger partial charge in [0.2, 0.25) is 5.91 Å². The summed E-state index contributed by atoms with van der Waals surface area (Å²) in [6.07, 6.45) is 15.3. The molecule has 0 spiro atoms. The van der Waals surface area contributed by atoms with Crippen LogP contribution in [0.25, 0.3) is 0 Å². The predicted octanol–water partition coefficient (Wildman–Crippen LogP) is 4.84. The molecule has 0 fully saturated rings. The molecule has 4 nitrogen and oxygen atoms in total. The Labute approximate surface area is 140 Å². The molecule has 1 N–H and O–H groups in total. The number of nitrogens with zero attached hydrogens (tertiary/aromatic N) is 2. The fourth-order valence-corrected chi connectivity index (χ4v) is 2.46. The van der Waals surface area contributed by atoms with Crippen molar-refractivity contribution in [1.82, 2.24) is 10.4 Å². The van der Waals surface area contributed by atoms with Gasteiger partial charge in [0, 0.05) is 24.4 Å². The van der Waals surface area contributed by atoms with E-state index in [9.17, 15) is 4.79 Å². The highest BCUT2D eigenvalue weighted by Gasteiger charge is 2.01. The number of amides is 1. The molecule has 0 saturated heterocycles. The van der Waals surface area contributed by atoms with E-state index in [4.69, 9.17) is 0 Å². The molecule has 0 aliphatic carbocycles. The molecule has 0 saturated carbocycles. The number of rotatable bonds is 12. The van der Waals surface area contributed by atoms with Gasteiger partial charge in [0.05, 0.1) is 5.71 Å². The molecule has 0 aromatic carbocycles. The summed E-state index contributed by atoms with van der Waals surface area (Å²) in [6, 6.07) is 3.76. The first-order valence-corrected chi connectivity index (χ1v) is 8.97. The van der Waals surface area contributed by atoms with Crippen molar-refractivity contribution in [1.29, 1.82) is 0 Å². The Morgan fingerprint density at radius 1 is 1.00 bits per heavy atom. The lowest BCUT2D eigenvalue weighted by Crippen LogP contribution is -2.18. The summed E-state index contributed by atoms with van der Waals surface area (Å²) in [6.45, 7) is 4.13. The minimum absolute atomic E-state index is 0.00125. The Morgan fingerprint density at radius 2 is 1.57 bits per heavy atom. The number of carbonyl (C=O) groups is 1. The van der Waals surface area contributed by atoms with Gasteiger partial charge in [0.25, 0.3) is 0 Å². The number of carbonyl (C=O) groups excluding carboxylic acids is 1. The topological polar surface area (TPSA) is 54.4 Å². The van der Waals surface area contributed by atoms with Gasteiger partial charge in [0.15, 0.2) is 0 Å². The number of pyridine rings is 1. The third-order valence-electron chi connectivity index (χ3n) is 3.95. The summed E-state index contributed by atoms with van der Waals surface area (Å²) in [5.41, 5.74) is 4.41. The number of nitrogens with one attached hydrogen (secondary N) is 1. The normalized spacial score (nSPS) is 11.5. The molecule has 0 unspecified atom stereocenters. The van der Waals surface area contributed by atoms with Gasteiger partial charge in [-0.25, -0.2) is 5.43 Å². The lowest BCUT2D eigenvalue weighted by Gasteiger charge is -2.03. The number of hydrogen-bond acceptors (Lipinski definition) is 3. The van der Waals surface area contributed by atoms with Gasteiger partial charge in [-0.1, -0.05) is 58.3 Å². The zero-order chi connectivity index (χ0) is 16.8. The van der Waals surface area contributed by atoms with E-state index in [-0.39, 0.29) is 5.91 Å². The Bertz CT molecular complexity index is 457. The summed E-state index contributed by atoms with van der Waals surface area (Å²) in [5, 5.41) is 4.14. The average Bonchev–Trinajstić information content (AvgIpc) is 2.59. The first-order valence-electron chi connectivity index (χ1n) is 8.97. The van der Waals surface area contributed by atoms with E-state index in [0.29, 0.717) is 6.42 Å². The molecule has 0 aliphatic heterocycles. The molecule has 1 heterocycles. The summed E-state index contributed by atoms with van der Waals surface area (Å²) < 4.78 is 0. The van der Waals surface area contributed by atoms with Gasteiger partial charge < -0.3 is 0 Å². The van der Waals surface area contributed by atoms with Crippen LogP contribution in [0.2, 0.25) is 0 Å². The van der Waals surface area contributed by atoms with Crippen LogP contribution in [-0.4, -0.2) is 16.6 Å². The van der Waals surface area contributed by atoms with Gasteiger partial charge in [0.1, 0.15) is 0 Å². The molecule has 1 aromatic heterocycles. The number of hydrogen-bond donors (Lipinski definition) is 1. The van der Waals surface area contributed by atoms with Gasteiger partial charge >= 0.3 is 0 Å². The molecule has 0 radical (unpaired) electrons. The first kappa shape index (κ1) is 19.3. The lowest BCUT2D eigenvalue weighted by atomic mass is 10.1. The van der Waals surface area contributed by atoms with Crippen molar-refractivity contribution in [2.24, 2.45) is 5.10 Å². The maximum absolute atomic E-state index is 11.8. The third kappa shape index (κ3) is 9.82. The van der Waals surface area contributed by atoms with Gasteiger partial charge in [-0.05, 0) is 25.5 Å². The SMILES string of the molecule is CCCCCCCCCCCC(=O)NN=C(C)c1ccncc1. The minimum atomic E-state index is 0.00125. The van der Waals surface area contributed by atoms with Gasteiger partial charge in [-0.15, -0.1) is 0 Å². The summed E-state index contributed by atoms with van der Waals surface area (Å²) in [4.78, 5) is 15.7. The van der Waals surface area contributed by atoms with Crippen molar-refractivity contribution in [3.8, 4) is 0 Å². The summed E-state index contributed by atoms with van der Waals surface area (Å²) in [5.74, 6) is 0.00125. The highest BCUT2D eigenvalue weighted by Crippen LogP contribution is 2.10. The van der Waals surface area contributed by atoms with Crippen molar-refractivity contribution in [2.75, 3.05) is 0 Å². The molecule has 128 valence electrons. The van der Waals surface area contributed by atoms with Crippen molar-refractivity contribution < 1.29 is 4.79 Å². The van der Waals surface area contributed by atoms with E-state index >= 15 is 0 Å². The summed E-state index contributed by atoms with van der Waals surface area (Å²) in [7, 11) is 0. The van der Waals surface area contributed by atoms with E-state index in [0.717, 1.165) is 24.1 Å². The quantitative estimate of drug-likeness (QED) is 0.340. The van der Waals surface area contributed by atoms with Crippen LogP contribution in [0.3, 0.4) is 0 Å². The lowest BCUT2D eigenvalue weighted by molar-refractivity contribution is -0.121. The van der Waals surface area contributed by atoms with Crippen molar-refractivity contribution in [3.63, 3.8) is 0 Å². The van der Waals surface area contributed by atoms with Crippen LogP contribution >= 0.6 is 0 Å². The van der Waals surface area contributed by atoms with Crippen LogP contribution in [0.1, 0.15) is 83.6 Å². The molecule has 0 atom stereocenters. The molecule has 1 amide bonds. The number of aromatic nitrogens is 1. The fourth-order valence-electron chi connectivity index (χ4n) is 2.46. The Hall–Kier alpha value is -1.71.